The Morgan fingerprint density at radius 1 is 1.24 bits per heavy atom. The fraction of sp³-hybridized carbons (Fsp3) is 0.731. The van der Waals surface area contributed by atoms with Crippen LogP contribution in [0.5, 0.6) is 0 Å². The molecule has 1 amide bonds. The molecule has 2 atom stereocenters. The molecule has 3 fully saturated rings. The molecule has 2 unspecified atom stereocenters. The van der Waals surface area contributed by atoms with Crippen LogP contribution >= 0.6 is 0 Å². The maximum Gasteiger partial charge on any atom is 0.225 e. The standard InChI is InChI=1S/C26H36N4O3/c1-16(2)22-14-29(8-9-30(22)23(31)11-18-7-10-32-18)25-20(13-27)19-12-26(3,4)33-15-21(19)24(28-25)17-5-6-17/h16-18,22H,5-12,14-15H2,1-4H3. The minimum absolute atomic E-state index is 0.0857. The smallest absolute Gasteiger partial charge is 0.225 e. The number of rotatable bonds is 5. The van der Waals surface area contributed by atoms with Gasteiger partial charge in [0.25, 0.3) is 0 Å². The second kappa shape index (κ2) is 8.56. The van der Waals surface area contributed by atoms with Crippen molar-refractivity contribution in [3.63, 3.8) is 0 Å². The topological polar surface area (TPSA) is 78.7 Å². The van der Waals surface area contributed by atoms with Gasteiger partial charge in [0, 0.05) is 44.1 Å². The first-order valence-electron chi connectivity index (χ1n) is 12.5. The number of aromatic nitrogens is 1. The highest BCUT2D eigenvalue weighted by molar-refractivity contribution is 5.77. The first-order chi connectivity index (χ1) is 15.8. The molecule has 1 aliphatic carbocycles. The first kappa shape index (κ1) is 22.6. The van der Waals surface area contributed by atoms with E-state index < -0.39 is 0 Å². The van der Waals surface area contributed by atoms with Crippen LogP contribution in [0.15, 0.2) is 0 Å². The number of amides is 1. The van der Waals surface area contributed by atoms with Crippen molar-refractivity contribution in [2.45, 2.75) is 90.1 Å². The molecule has 0 spiro atoms. The third-order valence-corrected chi connectivity index (χ3v) is 7.71. The zero-order valence-electron chi connectivity index (χ0n) is 20.4. The number of piperazine rings is 1. The molecule has 7 nitrogen and oxygen atoms in total. The van der Waals surface area contributed by atoms with E-state index in [1.807, 2.05) is 4.90 Å². The molecule has 33 heavy (non-hydrogen) atoms. The van der Waals surface area contributed by atoms with E-state index in [2.05, 4.69) is 38.7 Å². The number of hydrogen-bond acceptors (Lipinski definition) is 6. The van der Waals surface area contributed by atoms with Gasteiger partial charge in [-0.1, -0.05) is 13.8 Å². The van der Waals surface area contributed by atoms with E-state index in [9.17, 15) is 10.1 Å². The predicted octanol–water partition coefficient (Wildman–Crippen LogP) is 3.53. The van der Waals surface area contributed by atoms with E-state index >= 15 is 0 Å². The summed E-state index contributed by atoms with van der Waals surface area (Å²) < 4.78 is 11.6. The van der Waals surface area contributed by atoms with Gasteiger partial charge in [-0.15, -0.1) is 0 Å². The minimum Gasteiger partial charge on any atom is -0.377 e. The zero-order valence-corrected chi connectivity index (χ0v) is 20.4. The summed E-state index contributed by atoms with van der Waals surface area (Å²) in [5, 5.41) is 10.2. The number of anilines is 1. The van der Waals surface area contributed by atoms with Gasteiger partial charge in [0.05, 0.1) is 42.0 Å². The van der Waals surface area contributed by atoms with Gasteiger partial charge in [0.2, 0.25) is 5.91 Å². The predicted molar refractivity (Wildman–Crippen MR) is 125 cm³/mol. The SMILES string of the molecule is CC(C)C1CN(c2nc(C3CC3)c3c(c2C#N)CC(C)(C)OC3)CCN1C(=O)CC1CCO1. The lowest BCUT2D eigenvalue weighted by atomic mass is 9.87. The Morgan fingerprint density at radius 2 is 2.00 bits per heavy atom. The summed E-state index contributed by atoms with van der Waals surface area (Å²) in [5.41, 5.74) is 3.83. The summed E-state index contributed by atoms with van der Waals surface area (Å²) >= 11 is 0. The molecule has 0 radical (unpaired) electrons. The van der Waals surface area contributed by atoms with Crippen LogP contribution in [0.25, 0.3) is 0 Å². The van der Waals surface area contributed by atoms with Crippen molar-refractivity contribution in [3.8, 4) is 6.07 Å². The average molecular weight is 453 g/mol. The molecule has 4 heterocycles. The van der Waals surface area contributed by atoms with Gasteiger partial charge >= 0.3 is 0 Å². The third-order valence-electron chi connectivity index (χ3n) is 7.71. The number of hydrogen-bond donors (Lipinski definition) is 0. The van der Waals surface area contributed by atoms with E-state index in [-0.39, 0.29) is 23.7 Å². The molecule has 2 saturated heterocycles. The number of pyridine rings is 1. The monoisotopic (exact) mass is 452 g/mol. The van der Waals surface area contributed by atoms with Crippen LogP contribution in [0, 0.1) is 17.2 Å². The molecule has 1 aromatic heterocycles. The number of carbonyl (C=O) groups excluding carboxylic acids is 1. The molecule has 0 N–H and O–H groups in total. The molecule has 0 aromatic carbocycles. The van der Waals surface area contributed by atoms with Crippen LogP contribution in [0.3, 0.4) is 0 Å². The highest BCUT2D eigenvalue weighted by Crippen LogP contribution is 2.46. The second-order valence-electron chi connectivity index (χ2n) is 11.1. The highest BCUT2D eigenvalue weighted by atomic mass is 16.5. The average Bonchev–Trinajstić information content (AvgIpc) is 3.59. The van der Waals surface area contributed by atoms with Crippen molar-refractivity contribution < 1.29 is 14.3 Å². The van der Waals surface area contributed by atoms with Crippen molar-refractivity contribution in [2.24, 2.45) is 5.92 Å². The van der Waals surface area contributed by atoms with E-state index in [0.717, 1.165) is 54.9 Å². The Balaban J connectivity index is 1.46. The Morgan fingerprint density at radius 3 is 2.61 bits per heavy atom. The van der Waals surface area contributed by atoms with Crippen LogP contribution < -0.4 is 4.90 Å². The second-order valence-corrected chi connectivity index (χ2v) is 11.1. The zero-order chi connectivity index (χ0) is 23.3. The number of ether oxygens (including phenoxy) is 2. The van der Waals surface area contributed by atoms with Crippen LogP contribution in [-0.2, 0) is 27.3 Å². The molecule has 7 heteroatoms. The normalized spacial score (nSPS) is 26.5. The lowest BCUT2D eigenvalue weighted by Gasteiger charge is -2.45. The number of fused-ring (bicyclic) bond motifs is 1. The first-order valence-corrected chi connectivity index (χ1v) is 12.5. The van der Waals surface area contributed by atoms with Gasteiger partial charge in [0.1, 0.15) is 11.9 Å². The largest absolute Gasteiger partial charge is 0.377 e. The Bertz CT molecular complexity index is 975. The fourth-order valence-corrected chi connectivity index (χ4v) is 5.46. The Hall–Kier alpha value is -2.17. The summed E-state index contributed by atoms with van der Waals surface area (Å²) in [6.07, 6.45) is 4.59. The van der Waals surface area contributed by atoms with Gasteiger partial charge in [-0.2, -0.15) is 5.26 Å². The molecule has 3 aliphatic heterocycles. The van der Waals surface area contributed by atoms with Crippen molar-refractivity contribution in [1.82, 2.24) is 9.88 Å². The Labute approximate surface area is 197 Å². The van der Waals surface area contributed by atoms with Crippen molar-refractivity contribution >= 4 is 11.7 Å². The Kier molecular flexibility index (Phi) is 5.86. The van der Waals surface area contributed by atoms with Gasteiger partial charge in [0.15, 0.2) is 0 Å². The maximum atomic E-state index is 13.0. The fourth-order valence-electron chi connectivity index (χ4n) is 5.46. The summed E-state index contributed by atoms with van der Waals surface area (Å²) in [6.45, 7) is 11.9. The van der Waals surface area contributed by atoms with Crippen LogP contribution in [0.1, 0.15) is 81.7 Å². The van der Waals surface area contributed by atoms with Crippen LogP contribution in [0.4, 0.5) is 5.82 Å². The summed E-state index contributed by atoms with van der Waals surface area (Å²) in [7, 11) is 0. The summed E-state index contributed by atoms with van der Waals surface area (Å²) in [4.78, 5) is 22.5. The lowest BCUT2D eigenvalue weighted by Crippen LogP contribution is -2.58. The van der Waals surface area contributed by atoms with E-state index in [1.165, 1.54) is 0 Å². The van der Waals surface area contributed by atoms with Crippen molar-refractivity contribution in [3.05, 3.63) is 22.4 Å². The van der Waals surface area contributed by atoms with Crippen LogP contribution in [-0.4, -0.2) is 59.8 Å². The van der Waals surface area contributed by atoms with E-state index in [4.69, 9.17) is 14.5 Å². The number of nitrogens with zero attached hydrogens (tertiary/aromatic N) is 4. The number of carbonyl (C=O) groups is 1. The van der Waals surface area contributed by atoms with Gasteiger partial charge in [-0.05, 0) is 44.6 Å². The lowest BCUT2D eigenvalue weighted by molar-refractivity contribution is -0.142. The summed E-state index contributed by atoms with van der Waals surface area (Å²) in [5.74, 6) is 1.81. The maximum absolute atomic E-state index is 13.0. The highest BCUT2D eigenvalue weighted by Gasteiger charge is 2.40. The van der Waals surface area contributed by atoms with Crippen molar-refractivity contribution in [2.75, 3.05) is 31.1 Å². The third kappa shape index (κ3) is 4.36. The minimum atomic E-state index is -0.284. The van der Waals surface area contributed by atoms with Gasteiger partial charge < -0.3 is 19.3 Å². The summed E-state index contributed by atoms with van der Waals surface area (Å²) in [6, 6.07) is 2.60. The molecule has 178 valence electrons. The molecular formula is C26H36N4O3. The molecule has 0 bridgehead atoms. The van der Waals surface area contributed by atoms with Gasteiger partial charge in [-0.3, -0.25) is 4.79 Å². The van der Waals surface area contributed by atoms with Crippen molar-refractivity contribution in [1.29, 1.82) is 5.26 Å². The molecule has 4 aliphatic rings. The van der Waals surface area contributed by atoms with Crippen LogP contribution in [0.2, 0.25) is 0 Å². The molecule has 1 saturated carbocycles. The van der Waals surface area contributed by atoms with E-state index in [0.29, 0.717) is 50.1 Å². The molecular weight excluding hydrogens is 416 g/mol. The molecule has 5 rings (SSSR count). The van der Waals surface area contributed by atoms with E-state index in [1.54, 1.807) is 0 Å². The van der Waals surface area contributed by atoms with Gasteiger partial charge in [-0.25, -0.2) is 4.98 Å². The molecule has 1 aromatic rings. The number of nitriles is 1. The quantitative estimate of drug-likeness (QED) is 0.680.